The molecule has 1 aliphatic heterocycles. The van der Waals surface area contributed by atoms with Crippen molar-refractivity contribution in [2.75, 3.05) is 19.6 Å². The minimum Gasteiger partial charge on any atom is -0.351 e. The average molecular weight is 303 g/mol. The van der Waals surface area contributed by atoms with E-state index >= 15 is 0 Å². The van der Waals surface area contributed by atoms with Gasteiger partial charge in [-0.3, -0.25) is 9.59 Å². The van der Waals surface area contributed by atoms with E-state index in [1.807, 2.05) is 0 Å². The fraction of sp³-hybridized carbons (Fsp3) is 0.562. The minimum atomic E-state index is -0.133. The molecule has 2 atom stereocenters. The second kappa shape index (κ2) is 7.64. The molecular formula is C16H21N3O3. The van der Waals surface area contributed by atoms with E-state index in [1.165, 1.54) is 6.20 Å². The van der Waals surface area contributed by atoms with Gasteiger partial charge in [0.25, 0.3) is 5.91 Å². The third-order valence-electron chi connectivity index (χ3n) is 4.19. The summed E-state index contributed by atoms with van der Waals surface area (Å²) >= 11 is 0. The van der Waals surface area contributed by atoms with Crippen LogP contribution in [0.5, 0.6) is 0 Å². The Labute approximate surface area is 130 Å². The molecule has 1 aromatic heterocycles. The molecule has 0 spiro atoms. The number of carbonyl (C=O) groups excluding carboxylic acids is 2. The number of hydrogen-bond acceptors (Lipinski definition) is 4. The lowest BCUT2D eigenvalue weighted by atomic mass is 9.81. The highest BCUT2D eigenvalue weighted by atomic mass is 16.5. The SMILES string of the molecule is C#CCNC(=O)CC1CCN(C(=O)c2ccno2)CC1CC. The van der Waals surface area contributed by atoms with Gasteiger partial charge in [0.2, 0.25) is 11.7 Å². The summed E-state index contributed by atoms with van der Waals surface area (Å²) in [7, 11) is 0. The Morgan fingerprint density at radius 3 is 3.00 bits per heavy atom. The molecule has 0 saturated carbocycles. The zero-order valence-corrected chi connectivity index (χ0v) is 12.7. The number of aromatic nitrogens is 1. The number of rotatable bonds is 5. The number of nitrogens with one attached hydrogen (secondary N) is 1. The molecule has 1 N–H and O–H groups in total. The van der Waals surface area contributed by atoms with Gasteiger partial charge in [0.1, 0.15) is 0 Å². The number of amides is 2. The van der Waals surface area contributed by atoms with Crippen LogP contribution >= 0.6 is 0 Å². The summed E-state index contributed by atoms with van der Waals surface area (Å²) in [6, 6.07) is 1.57. The van der Waals surface area contributed by atoms with Crippen LogP contribution in [0.4, 0.5) is 0 Å². The number of nitrogens with zero attached hydrogens (tertiary/aromatic N) is 2. The van der Waals surface area contributed by atoms with Gasteiger partial charge in [0, 0.05) is 25.6 Å². The summed E-state index contributed by atoms with van der Waals surface area (Å²) in [6.07, 6.45) is 8.80. The Morgan fingerprint density at radius 2 is 2.36 bits per heavy atom. The molecule has 6 heteroatoms. The third-order valence-corrected chi connectivity index (χ3v) is 4.19. The zero-order valence-electron chi connectivity index (χ0n) is 12.7. The molecule has 2 amide bonds. The van der Waals surface area contributed by atoms with Gasteiger partial charge in [0.05, 0.1) is 12.7 Å². The van der Waals surface area contributed by atoms with Crippen LogP contribution in [-0.4, -0.2) is 41.5 Å². The third kappa shape index (κ3) is 3.88. The molecule has 6 nitrogen and oxygen atoms in total. The van der Waals surface area contributed by atoms with Crippen LogP contribution in [0.25, 0.3) is 0 Å². The Hall–Kier alpha value is -2.29. The Kier molecular flexibility index (Phi) is 5.59. The van der Waals surface area contributed by atoms with E-state index in [9.17, 15) is 9.59 Å². The van der Waals surface area contributed by atoms with Crippen LogP contribution in [0.2, 0.25) is 0 Å². The van der Waals surface area contributed by atoms with Crippen LogP contribution in [0.15, 0.2) is 16.8 Å². The number of piperidine rings is 1. The van der Waals surface area contributed by atoms with E-state index < -0.39 is 0 Å². The van der Waals surface area contributed by atoms with E-state index in [1.54, 1.807) is 11.0 Å². The van der Waals surface area contributed by atoms with E-state index in [2.05, 4.69) is 23.3 Å². The van der Waals surface area contributed by atoms with E-state index in [-0.39, 0.29) is 30.0 Å². The number of carbonyl (C=O) groups is 2. The van der Waals surface area contributed by atoms with Crippen LogP contribution in [0.3, 0.4) is 0 Å². The Morgan fingerprint density at radius 1 is 1.55 bits per heavy atom. The van der Waals surface area contributed by atoms with Crippen molar-refractivity contribution in [3.63, 3.8) is 0 Å². The molecule has 1 aliphatic rings. The summed E-state index contributed by atoms with van der Waals surface area (Å²) in [6.45, 7) is 3.62. The first-order valence-electron chi connectivity index (χ1n) is 7.55. The lowest BCUT2D eigenvalue weighted by Crippen LogP contribution is -2.44. The van der Waals surface area contributed by atoms with Gasteiger partial charge < -0.3 is 14.7 Å². The van der Waals surface area contributed by atoms with Crippen LogP contribution in [-0.2, 0) is 4.79 Å². The lowest BCUT2D eigenvalue weighted by Gasteiger charge is -2.37. The van der Waals surface area contributed by atoms with Crippen molar-refractivity contribution in [1.29, 1.82) is 0 Å². The zero-order chi connectivity index (χ0) is 15.9. The first-order valence-corrected chi connectivity index (χ1v) is 7.55. The first-order chi connectivity index (χ1) is 10.7. The van der Waals surface area contributed by atoms with Crippen LogP contribution in [0.1, 0.15) is 36.7 Å². The predicted molar refractivity (Wildman–Crippen MR) is 80.8 cm³/mol. The summed E-state index contributed by atoms with van der Waals surface area (Å²) in [4.78, 5) is 25.9. The van der Waals surface area contributed by atoms with Gasteiger partial charge in [0.15, 0.2) is 0 Å². The highest BCUT2D eigenvalue weighted by molar-refractivity contribution is 5.91. The molecule has 1 fully saturated rings. The van der Waals surface area contributed by atoms with Crippen molar-refractivity contribution in [3.8, 4) is 12.3 Å². The summed E-state index contributed by atoms with van der Waals surface area (Å²) < 4.78 is 4.93. The molecule has 2 heterocycles. The van der Waals surface area contributed by atoms with Crippen molar-refractivity contribution in [2.24, 2.45) is 11.8 Å². The molecule has 118 valence electrons. The molecule has 0 bridgehead atoms. The van der Waals surface area contributed by atoms with Crippen molar-refractivity contribution in [3.05, 3.63) is 18.0 Å². The summed E-state index contributed by atoms with van der Waals surface area (Å²) in [5.74, 6) is 3.09. The highest BCUT2D eigenvalue weighted by Crippen LogP contribution is 2.29. The summed E-state index contributed by atoms with van der Waals surface area (Å²) in [5.41, 5.74) is 0. The van der Waals surface area contributed by atoms with Gasteiger partial charge >= 0.3 is 0 Å². The molecular weight excluding hydrogens is 282 g/mol. The maximum atomic E-state index is 12.3. The van der Waals surface area contributed by atoms with E-state index in [0.29, 0.717) is 25.4 Å². The molecule has 2 rings (SSSR count). The second-order valence-corrected chi connectivity index (χ2v) is 5.53. The van der Waals surface area contributed by atoms with Crippen molar-refractivity contribution >= 4 is 11.8 Å². The molecule has 0 aromatic carbocycles. The number of hydrogen-bond donors (Lipinski definition) is 1. The van der Waals surface area contributed by atoms with Crippen molar-refractivity contribution < 1.29 is 14.1 Å². The fourth-order valence-corrected chi connectivity index (χ4v) is 2.94. The monoisotopic (exact) mass is 303 g/mol. The van der Waals surface area contributed by atoms with Gasteiger partial charge in [-0.1, -0.05) is 24.4 Å². The number of likely N-dealkylation sites (tertiary alicyclic amines) is 1. The van der Waals surface area contributed by atoms with E-state index in [4.69, 9.17) is 10.9 Å². The van der Waals surface area contributed by atoms with E-state index in [0.717, 1.165) is 12.8 Å². The van der Waals surface area contributed by atoms with Gasteiger partial charge in [-0.15, -0.1) is 6.42 Å². The molecule has 1 aromatic rings. The maximum Gasteiger partial charge on any atom is 0.292 e. The maximum absolute atomic E-state index is 12.3. The minimum absolute atomic E-state index is 0.0172. The van der Waals surface area contributed by atoms with Crippen molar-refractivity contribution in [1.82, 2.24) is 15.4 Å². The normalized spacial score (nSPS) is 21.2. The Bertz CT molecular complexity index is 547. The first kappa shape index (κ1) is 16.1. The van der Waals surface area contributed by atoms with Gasteiger partial charge in [-0.25, -0.2) is 0 Å². The van der Waals surface area contributed by atoms with Crippen molar-refractivity contribution in [2.45, 2.75) is 26.2 Å². The predicted octanol–water partition coefficient (Wildman–Crippen LogP) is 1.30. The van der Waals surface area contributed by atoms with Gasteiger partial charge in [-0.2, -0.15) is 0 Å². The van der Waals surface area contributed by atoms with Gasteiger partial charge in [-0.05, 0) is 18.3 Å². The quantitative estimate of drug-likeness (QED) is 0.832. The highest BCUT2D eigenvalue weighted by Gasteiger charge is 2.32. The smallest absolute Gasteiger partial charge is 0.292 e. The molecule has 0 aliphatic carbocycles. The second-order valence-electron chi connectivity index (χ2n) is 5.53. The standard InChI is InChI=1S/C16H21N3O3/c1-3-7-17-15(20)10-13-6-9-19(11-12(13)4-2)16(21)14-5-8-18-22-14/h1,5,8,12-13H,4,6-7,9-11H2,2H3,(H,17,20). The Balaban J connectivity index is 1.92. The molecule has 1 saturated heterocycles. The molecule has 22 heavy (non-hydrogen) atoms. The largest absolute Gasteiger partial charge is 0.351 e. The lowest BCUT2D eigenvalue weighted by molar-refractivity contribution is -0.122. The average Bonchev–Trinajstić information content (AvgIpc) is 3.07. The van der Waals surface area contributed by atoms with Crippen LogP contribution in [0, 0.1) is 24.2 Å². The molecule has 0 radical (unpaired) electrons. The number of terminal acetylenes is 1. The summed E-state index contributed by atoms with van der Waals surface area (Å²) in [5, 5.41) is 6.27. The topological polar surface area (TPSA) is 75.4 Å². The fourth-order valence-electron chi connectivity index (χ4n) is 2.94. The molecule has 2 unspecified atom stereocenters. The van der Waals surface area contributed by atoms with Crippen LogP contribution < -0.4 is 5.32 Å².